The molecule has 2 unspecified atom stereocenters. The standard InChI is InChI=1S/C13H18N4O2/c1-7(6-18)8(2)15-13(19)12-10-5-9(14)3-4-11(10)16-17-12/h3-5,7-8,18H,6,14H2,1-2H3,(H,15,19)(H,16,17). The summed E-state index contributed by atoms with van der Waals surface area (Å²) in [6.45, 7) is 3.74. The number of nitrogens with two attached hydrogens (primary N) is 1. The van der Waals surface area contributed by atoms with Crippen LogP contribution in [0, 0.1) is 5.92 Å². The second-order valence-corrected chi connectivity index (χ2v) is 4.80. The normalized spacial score (nSPS) is 14.3. The Bertz CT molecular complexity index is 593. The van der Waals surface area contributed by atoms with Crippen molar-refractivity contribution in [3.63, 3.8) is 0 Å². The first-order valence-corrected chi connectivity index (χ1v) is 6.18. The summed E-state index contributed by atoms with van der Waals surface area (Å²) < 4.78 is 0. The van der Waals surface area contributed by atoms with Crippen LogP contribution in [0.4, 0.5) is 5.69 Å². The largest absolute Gasteiger partial charge is 0.399 e. The van der Waals surface area contributed by atoms with E-state index in [9.17, 15) is 4.79 Å². The van der Waals surface area contributed by atoms with Crippen molar-refractivity contribution in [3.05, 3.63) is 23.9 Å². The fourth-order valence-electron chi connectivity index (χ4n) is 1.78. The number of benzene rings is 1. The molecule has 0 bridgehead atoms. The summed E-state index contributed by atoms with van der Waals surface area (Å²) in [5.74, 6) is -0.288. The third-order valence-electron chi connectivity index (χ3n) is 3.30. The van der Waals surface area contributed by atoms with E-state index >= 15 is 0 Å². The SMILES string of the molecule is CC(CO)C(C)NC(=O)c1n[nH]c2ccc(N)cc12. The number of aliphatic hydroxyl groups excluding tert-OH is 1. The van der Waals surface area contributed by atoms with Gasteiger partial charge in [0.1, 0.15) is 0 Å². The Morgan fingerprint density at radius 2 is 2.26 bits per heavy atom. The topological polar surface area (TPSA) is 104 Å². The van der Waals surface area contributed by atoms with Gasteiger partial charge >= 0.3 is 0 Å². The number of carbonyl (C=O) groups is 1. The molecule has 0 aliphatic heterocycles. The van der Waals surface area contributed by atoms with Crippen molar-refractivity contribution in [1.29, 1.82) is 0 Å². The van der Waals surface area contributed by atoms with Crippen molar-refractivity contribution in [2.45, 2.75) is 19.9 Å². The van der Waals surface area contributed by atoms with Gasteiger partial charge in [0.05, 0.1) is 5.52 Å². The minimum atomic E-state index is -0.273. The van der Waals surface area contributed by atoms with Crippen molar-refractivity contribution in [1.82, 2.24) is 15.5 Å². The molecule has 5 N–H and O–H groups in total. The highest BCUT2D eigenvalue weighted by atomic mass is 16.3. The number of anilines is 1. The molecular formula is C13H18N4O2. The molecule has 2 rings (SSSR count). The van der Waals surface area contributed by atoms with Gasteiger partial charge in [0.2, 0.25) is 0 Å². The van der Waals surface area contributed by atoms with Crippen LogP contribution < -0.4 is 11.1 Å². The lowest BCUT2D eigenvalue weighted by molar-refractivity contribution is 0.0913. The highest BCUT2D eigenvalue weighted by Crippen LogP contribution is 2.19. The zero-order valence-electron chi connectivity index (χ0n) is 11.0. The smallest absolute Gasteiger partial charge is 0.272 e. The van der Waals surface area contributed by atoms with E-state index in [1.807, 2.05) is 13.8 Å². The molecule has 19 heavy (non-hydrogen) atoms. The molecule has 1 aromatic heterocycles. The molecule has 0 fully saturated rings. The van der Waals surface area contributed by atoms with E-state index in [1.54, 1.807) is 18.2 Å². The first kappa shape index (κ1) is 13.4. The number of hydrogen-bond acceptors (Lipinski definition) is 4. The van der Waals surface area contributed by atoms with E-state index in [1.165, 1.54) is 0 Å². The molecule has 6 heteroatoms. The van der Waals surface area contributed by atoms with Gasteiger partial charge in [-0.25, -0.2) is 0 Å². The lowest BCUT2D eigenvalue weighted by Crippen LogP contribution is -2.38. The molecule has 0 aliphatic carbocycles. The predicted octanol–water partition coefficient (Wildman–Crippen LogP) is 0.892. The van der Waals surface area contributed by atoms with Gasteiger partial charge in [-0.15, -0.1) is 0 Å². The average Bonchev–Trinajstić information content (AvgIpc) is 2.80. The maximum atomic E-state index is 12.1. The quantitative estimate of drug-likeness (QED) is 0.614. The van der Waals surface area contributed by atoms with Crippen molar-refractivity contribution < 1.29 is 9.90 Å². The minimum Gasteiger partial charge on any atom is -0.399 e. The highest BCUT2D eigenvalue weighted by Gasteiger charge is 2.19. The van der Waals surface area contributed by atoms with Crippen molar-refractivity contribution in [3.8, 4) is 0 Å². The number of H-pyrrole nitrogens is 1. The lowest BCUT2D eigenvalue weighted by atomic mass is 10.0. The fraction of sp³-hybridized carbons (Fsp3) is 0.385. The molecule has 0 aliphatic rings. The number of carbonyl (C=O) groups excluding carboxylic acids is 1. The van der Waals surface area contributed by atoms with Crippen LogP contribution in [0.25, 0.3) is 10.9 Å². The number of nitrogen functional groups attached to an aromatic ring is 1. The van der Waals surface area contributed by atoms with Crippen LogP contribution in [-0.4, -0.2) is 33.9 Å². The van der Waals surface area contributed by atoms with Crippen molar-refractivity contribution in [2.24, 2.45) is 5.92 Å². The van der Waals surface area contributed by atoms with E-state index in [0.29, 0.717) is 16.8 Å². The van der Waals surface area contributed by atoms with Gasteiger partial charge in [-0.3, -0.25) is 9.89 Å². The summed E-state index contributed by atoms with van der Waals surface area (Å²) in [5.41, 5.74) is 7.38. The molecule has 1 aromatic carbocycles. The molecule has 102 valence electrons. The zero-order valence-corrected chi connectivity index (χ0v) is 11.0. The van der Waals surface area contributed by atoms with Crippen LogP contribution in [0.2, 0.25) is 0 Å². The maximum absolute atomic E-state index is 12.1. The fourth-order valence-corrected chi connectivity index (χ4v) is 1.78. The summed E-state index contributed by atoms with van der Waals surface area (Å²) in [6.07, 6.45) is 0. The number of rotatable bonds is 4. The second kappa shape index (κ2) is 5.27. The van der Waals surface area contributed by atoms with Crippen molar-refractivity contribution in [2.75, 3.05) is 12.3 Å². The summed E-state index contributed by atoms with van der Waals surface area (Å²) in [7, 11) is 0. The van der Waals surface area contributed by atoms with Crippen molar-refractivity contribution >= 4 is 22.5 Å². The molecule has 0 saturated carbocycles. The Morgan fingerprint density at radius 1 is 1.53 bits per heavy atom. The van der Waals surface area contributed by atoms with E-state index in [-0.39, 0.29) is 24.5 Å². The predicted molar refractivity (Wildman–Crippen MR) is 73.7 cm³/mol. The second-order valence-electron chi connectivity index (χ2n) is 4.80. The van der Waals surface area contributed by atoms with E-state index < -0.39 is 0 Å². The third-order valence-corrected chi connectivity index (χ3v) is 3.30. The molecule has 1 amide bonds. The van der Waals surface area contributed by atoms with Gasteiger partial charge in [0.25, 0.3) is 5.91 Å². The van der Waals surface area contributed by atoms with Crippen LogP contribution in [0.15, 0.2) is 18.2 Å². The molecule has 2 atom stereocenters. The lowest BCUT2D eigenvalue weighted by Gasteiger charge is -2.18. The van der Waals surface area contributed by atoms with Crippen LogP contribution >= 0.6 is 0 Å². The van der Waals surface area contributed by atoms with Crippen LogP contribution in [-0.2, 0) is 0 Å². The molecule has 6 nitrogen and oxygen atoms in total. The Kier molecular flexibility index (Phi) is 3.71. The molecule has 2 aromatic rings. The van der Waals surface area contributed by atoms with Gasteiger partial charge < -0.3 is 16.2 Å². The number of nitrogens with one attached hydrogen (secondary N) is 2. The summed E-state index contributed by atoms with van der Waals surface area (Å²) in [5, 5.41) is 19.4. The number of aliphatic hydroxyl groups is 1. The van der Waals surface area contributed by atoms with E-state index in [0.717, 1.165) is 5.52 Å². The molecular weight excluding hydrogens is 244 g/mol. The molecule has 0 radical (unpaired) electrons. The summed E-state index contributed by atoms with van der Waals surface area (Å²) in [6, 6.07) is 5.12. The van der Waals surface area contributed by atoms with Crippen LogP contribution in [0.3, 0.4) is 0 Å². The van der Waals surface area contributed by atoms with Gasteiger partial charge in [-0.2, -0.15) is 5.10 Å². The number of hydrogen-bond donors (Lipinski definition) is 4. The first-order valence-electron chi connectivity index (χ1n) is 6.18. The average molecular weight is 262 g/mol. The highest BCUT2D eigenvalue weighted by molar-refractivity contribution is 6.05. The monoisotopic (exact) mass is 262 g/mol. The molecule has 0 saturated heterocycles. The number of nitrogens with zero attached hydrogens (tertiary/aromatic N) is 1. The Hall–Kier alpha value is -2.08. The molecule has 1 heterocycles. The van der Waals surface area contributed by atoms with Gasteiger partial charge in [-0.05, 0) is 31.0 Å². The van der Waals surface area contributed by atoms with Gasteiger partial charge in [0, 0.05) is 23.7 Å². The number of aromatic amines is 1. The van der Waals surface area contributed by atoms with Gasteiger partial charge in [-0.1, -0.05) is 6.92 Å². The number of fused-ring (bicyclic) bond motifs is 1. The van der Waals surface area contributed by atoms with E-state index in [2.05, 4.69) is 15.5 Å². The Labute approximate surface area is 111 Å². The Balaban J connectivity index is 2.24. The Morgan fingerprint density at radius 3 is 2.95 bits per heavy atom. The number of aromatic nitrogens is 2. The van der Waals surface area contributed by atoms with Gasteiger partial charge in [0.15, 0.2) is 5.69 Å². The first-order chi connectivity index (χ1) is 9.02. The molecule has 0 spiro atoms. The summed E-state index contributed by atoms with van der Waals surface area (Å²) in [4.78, 5) is 12.1. The van der Waals surface area contributed by atoms with Crippen LogP contribution in [0.5, 0.6) is 0 Å². The number of amides is 1. The maximum Gasteiger partial charge on any atom is 0.272 e. The minimum absolute atomic E-state index is 0.0146. The van der Waals surface area contributed by atoms with Crippen LogP contribution in [0.1, 0.15) is 24.3 Å². The zero-order chi connectivity index (χ0) is 14.0. The summed E-state index contributed by atoms with van der Waals surface area (Å²) >= 11 is 0. The van der Waals surface area contributed by atoms with E-state index in [4.69, 9.17) is 10.8 Å². The third kappa shape index (κ3) is 2.68.